The summed E-state index contributed by atoms with van der Waals surface area (Å²) in [7, 11) is 7.64. The monoisotopic (exact) mass is 495 g/mol. The van der Waals surface area contributed by atoms with Crippen molar-refractivity contribution in [3.05, 3.63) is 0 Å². The second-order valence-electron chi connectivity index (χ2n) is 9.70. The van der Waals surface area contributed by atoms with Gasteiger partial charge in [-0.1, -0.05) is 63.9 Å². The van der Waals surface area contributed by atoms with Crippen LogP contribution in [0, 0.1) is 22.7 Å². The Morgan fingerprint density at radius 2 is 1.27 bits per heavy atom. The van der Waals surface area contributed by atoms with Crippen molar-refractivity contribution in [2.24, 2.45) is 28.4 Å². The second kappa shape index (κ2) is 13.1. The molecule has 9 heteroatoms. The third kappa shape index (κ3) is 10.3. The molecule has 174 valence electrons. The molecular formula is C21H37NO4S4. The van der Waals surface area contributed by atoms with Gasteiger partial charge in [-0.15, -0.1) is 0 Å². The van der Waals surface area contributed by atoms with Gasteiger partial charge in [-0.3, -0.25) is 9.59 Å². The highest BCUT2D eigenvalue weighted by molar-refractivity contribution is 8.77. The Bertz CT molecular complexity index is 526. The molecule has 2 fully saturated rings. The van der Waals surface area contributed by atoms with Crippen molar-refractivity contribution in [3.63, 3.8) is 0 Å². The zero-order valence-electron chi connectivity index (χ0n) is 18.5. The van der Waals surface area contributed by atoms with Crippen LogP contribution in [0.15, 0.2) is 0 Å². The molecule has 2 aliphatic heterocycles. The van der Waals surface area contributed by atoms with Crippen LogP contribution in [0.5, 0.6) is 0 Å². The minimum atomic E-state index is -0.312. The summed E-state index contributed by atoms with van der Waals surface area (Å²) < 4.78 is 11.5. The summed E-state index contributed by atoms with van der Waals surface area (Å²) in [6, 6.07) is 0. The summed E-state index contributed by atoms with van der Waals surface area (Å²) in [4.78, 5) is 24.6. The molecule has 30 heavy (non-hydrogen) atoms. The first kappa shape index (κ1) is 26.6. The number of hydrogen-bond acceptors (Lipinski definition) is 9. The molecule has 0 aromatic rings. The van der Waals surface area contributed by atoms with Crippen LogP contribution in [0.3, 0.4) is 0 Å². The van der Waals surface area contributed by atoms with E-state index in [1.54, 1.807) is 0 Å². The average Bonchev–Trinajstić information content (AvgIpc) is 3.37. The molecule has 0 radical (unpaired) electrons. The Labute approximate surface area is 197 Å². The number of ether oxygens (including phenoxy) is 2. The van der Waals surface area contributed by atoms with Gasteiger partial charge in [0.05, 0.1) is 6.42 Å². The first-order chi connectivity index (χ1) is 14.2. The predicted octanol–water partition coefficient (Wildman–Crippen LogP) is 5.04. The largest absolute Gasteiger partial charge is 0.465 e. The molecule has 0 atom stereocenters. The maximum atomic E-state index is 12.5. The van der Waals surface area contributed by atoms with Crippen LogP contribution in [0.25, 0.3) is 0 Å². The normalized spacial score (nSPS) is 18.7. The predicted molar refractivity (Wildman–Crippen MR) is 133 cm³/mol. The molecule has 5 nitrogen and oxygen atoms in total. The molecule has 2 rings (SSSR count). The Hall–Kier alpha value is 0.300. The summed E-state index contributed by atoms with van der Waals surface area (Å²) in [5, 5.41) is 0. The van der Waals surface area contributed by atoms with Crippen molar-refractivity contribution < 1.29 is 19.1 Å². The van der Waals surface area contributed by atoms with Gasteiger partial charge in [-0.05, 0) is 36.5 Å². The molecular weight excluding hydrogens is 459 g/mol. The highest BCUT2D eigenvalue weighted by Crippen LogP contribution is 2.46. The SMILES string of the molecule is CC(C)(C)CCC(=O)OCC(COC(=O)CCN)(CC1CSSC1)CC1CSSC1. The molecule has 0 aliphatic carbocycles. The molecule has 0 spiro atoms. The molecule has 2 heterocycles. The zero-order valence-corrected chi connectivity index (χ0v) is 21.7. The van der Waals surface area contributed by atoms with Crippen LogP contribution < -0.4 is 5.73 Å². The lowest BCUT2D eigenvalue weighted by Gasteiger charge is -2.36. The maximum absolute atomic E-state index is 12.5. The number of carbonyl (C=O) groups excluding carboxylic acids is 2. The van der Waals surface area contributed by atoms with E-state index in [2.05, 4.69) is 20.8 Å². The van der Waals surface area contributed by atoms with Gasteiger partial charge in [0, 0.05) is 41.4 Å². The van der Waals surface area contributed by atoms with Crippen LogP contribution in [0.2, 0.25) is 0 Å². The van der Waals surface area contributed by atoms with Gasteiger partial charge < -0.3 is 15.2 Å². The van der Waals surface area contributed by atoms with Crippen molar-refractivity contribution in [3.8, 4) is 0 Å². The van der Waals surface area contributed by atoms with Gasteiger partial charge in [0.15, 0.2) is 0 Å². The summed E-state index contributed by atoms with van der Waals surface area (Å²) in [6.07, 6.45) is 3.32. The van der Waals surface area contributed by atoms with E-state index < -0.39 is 0 Å². The fraction of sp³-hybridized carbons (Fsp3) is 0.905. The fourth-order valence-electron chi connectivity index (χ4n) is 3.70. The molecule has 0 saturated carbocycles. The lowest BCUT2D eigenvalue weighted by molar-refractivity contribution is -0.156. The van der Waals surface area contributed by atoms with Gasteiger partial charge in [0.1, 0.15) is 13.2 Å². The first-order valence-electron chi connectivity index (χ1n) is 10.7. The maximum Gasteiger partial charge on any atom is 0.307 e. The van der Waals surface area contributed by atoms with Crippen molar-refractivity contribution in [2.75, 3.05) is 42.8 Å². The second-order valence-corrected chi connectivity index (χ2v) is 14.8. The van der Waals surface area contributed by atoms with Gasteiger partial charge in [-0.2, -0.15) is 0 Å². The molecule has 0 aromatic heterocycles. The van der Waals surface area contributed by atoms with E-state index in [4.69, 9.17) is 15.2 Å². The van der Waals surface area contributed by atoms with Crippen molar-refractivity contribution >= 4 is 55.1 Å². The number of rotatable bonds is 12. The van der Waals surface area contributed by atoms with Crippen LogP contribution in [0.4, 0.5) is 0 Å². The first-order valence-corrected chi connectivity index (χ1v) is 15.7. The van der Waals surface area contributed by atoms with E-state index in [1.807, 2.05) is 43.2 Å². The van der Waals surface area contributed by atoms with Crippen molar-refractivity contribution in [1.82, 2.24) is 0 Å². The van der Waals surface area contributed by atoms with E-state index in [1.165, 1.54) is 0 Å². The quantitative estimate of drug-likeness (QED) is 0.296. The Morgan fingerprint density at radius 1 is 0.833 bits per heavy atom. The highest BCUT2D eigenvalue weighted by Gasteiger charge is 2.40. The van der Waals surface area contributed by atoms with Gasteiger partial charge in [0.25, 0.3) is 0 Å². The number of nitrogens with two attached hydrogens (primary N) is 1. The lowest BCUT2D eigenvalue weighted by atomic mass is 9.75. The molecule has 0 unspecified atom stereocenters. The summed E-state index contributed by atoms with van der Waals surface area (Å²) in [6.45, 7) is 7.34. The van der Waals surface area contributed by atoms with Gasteiger partial charge >= 0.3 is 11.9 Å². The van der Waals surface area contributed by atoms with Crippen molar-refractivity contribution in [2.45, 2.75) is 52.9 Å². The van der Waals surface area contributed by atoms with E-state index in [9.17, 15) is 9.59 Å². The van der Waals surface area contributed by atoms with Gasteiger partial charge in [-0.25, -0.2) is 0 Å². The van der Waals surface area contributed by atoms with Crippen LogP contribution in [0.1, 0.15) is 52.9 Å². The summed E-state index contributed by atoms with van der Waals surface area (Å²) >= 11 is 0. The number of hydrogen-bond donors (Lipinski definition) is 1. The molecule has 0 aromatic carbocycles. The average molecular weight is 496 g/mol. The minimum Gasteiger partial charge on any atom is -0.465 e. The fourth-order valence-corrected chi connectivity index (χ4v) is 9.56. The van der Waals surface area contributed by atoms with E-state index in [0.29, 0.717) is 38.0 Å². The summed E-state index contributed by atoms with van der Waals surface area (Å²) in [5.74, 6) is 5.14. The molecule has 0 bridgehead atoms. The van der Waals surface area contributed by atoms with Crippen LogP contribution in [-0.2, 0) is 19.1 Å². The zero-order chi connectivity index (χ0) is 22.0. The molecule has 2 N–H and O–H groups in total. The van der Waals surface area contributed by atoms with E-state index >= 15 is 0 Å². The standard InChI is InChI=1S/C21H37NO4S4/c1-20(2,3)6-4-18(23)25-14-21(8-16-10-27-28-11-16,9-17-12-29-30-13-17)15-26-19(24)5-7-22/h16-17H,4-15,22H2,1-3H3. The van der Waals surface area contributed by atoms with E-state index in [-0.39, 0.29) is 29.2 Å². The minimum absolute atomic E-state index is 0.102. The Kier molecular flexibility index (Phi) is 11.6. The molecule has 2 saturated heterocycles. The van der Waals surface area contributed by atoms with Gasteiger partial charge in [0.2, 0.25) is 0 Å². The topological polar surface area (TPSA) is 78.6 Å². The molecule has 0 amide bonds. The molecule has 2 aliphatic rings. The smallest absolute Gasteiger partial charge is 0.307 e. The summed E-state index contributed by atoms with van der Waals surface area (Å²) in [5.41, 5.74) is 5.31. The Morgan fingerprint density at radius 3 is 1.67 bits per heavy atom. The Balaban J connectivity index is 2.07. The lowest BCUT2D eigenvalue weighted by Crippen LogP contribution is -2.39. The van der Waals surface area contributed by atoms with Crippen LogP contribution in [-0.4, -0.2) is 54.7 Å². The third-order valence-corrected chi connectivity index (χ3v) is 10.7. The number of esters is 2. The third-order valence-electron chi connectivity index (χ3n) is 5.33. The van der Waals surface area contributed by atoms with Crippen molar-refractivity contribution in [1.29, 1.82) is 0 Å². The van der Waals surface area contributed by atoms with E-state index in [0.717, 1.165) is 42.3 Å². The highest BCUT2D eigenvalue weighted by atomic mass is 33.1. The number of carbonyl (C=O) groups is 2. The van der Waals surface area contributed by atoms with Crippen LogP contribution >= 0.6 is 43.2 Å².